The molecule has 2 rings (SSSR count). The Morgan fingerprint density at radius 1 is 1.44 bits per heavy atom. The molecule has 0 atom stereocenters. The summed E-state index contributed by atoms with van der Waals surface area (Å²) in [4.78, 5) is 19.6. The lowest BCUT2D eigenvalue weighted by molar-refractivity contribution is 0.857. The normalized spacial score (nSPS) is 10.4. The summed E-state index contributed by atoms with van der Waals surface area (Å²) in [7, 11) is 1.64. The summed E-state index contributed by atoms with van der Waals surface area (Å²) in [6.45, 7) is 1.82. The first kappa shape index (κ1) is 12.4. The van der Waals surface area contributed by atoms with Crippen LogP contribution in [-0.4, -0.2) is 21.6 Å². The first-order valence-corrected chi connectivity index (χ1v) is 5.60. The quantitative estimate of drug-likeness (QED) is 0.797. The van der Waals surface area contributed by atoms with Crippen LogP contribution >= 0.6 is 11.6 Å². The summed E-state index contributed by atoms with van der Waals surface area (Å²) in [6.07, 6.45) is 1.38. The number of aryl methyl sites for hydroxylation is 1. The fourth-order valence-electron chi connectivity index (χ4n) is 1.68. The standard InChI is InChI=1S/C11H12ClN5O/c1-6-3-7(13)4-8(12)9(6)17-5-15-10(14-2)16-11(17)18/h3-5H,13H2,1-2H3,(H,14,16,18). The second-order valence-corrected chi connectivity index (χ2v) is 4.16. The molecular weight excluding hydrogens is 254 g/mol. The van der Waals surface area contributed by atoms with Crippen LogP contribution in [0.25, 0.3) is 5.69 Å². The molecule has 94 valence electrons. The van der Waals surface area contributed by atoms with E-state index in [-0.39, 0.29) is 5.95 Å². The van der Waals surface area contributed by atoms with Crippen LogP contribution in [0.5, 0.6) is 0 Å². The van der Waals surface area contributed by atoms with Gasteiger partial charge in [-0.3, -0.25) is 0 Å². The molecule has 0 bridgehead atoms. The number of nitrogens with two attached hydrogens (primary N) is 1. The molecule has 0 aliphatic carbocycles. The van der Waals surface area contributed by atoms with Crippen LogP contribution in [-0.2, 0) is 0 Å². The lowest BCUT2D eigenvalue weighted by Crippen LogP contribution is -2.24. The van der Waals surface area contributed by atoms with Gasteiger partial charge in [-0.25, -0.2) is 14.3 Å². The maximum Gasteiger partial charge on any atom is 0.356 e. The molecule has 1 aromatic carbocycles. The highest BCUT2D eigenvalue weighted by atomic mass is 35.5. The van der Waals surface area contributed by atoms with Crippen LogP contribution < -0.4 is 16.7 Å². The van der Waals surface area contributed by atoms with Crippen molar-refractivity contribution < 1.29 is 0 Å². The van der Waals surface area contributed by atoms with Gasteiger partial charge in [-0.05, 0) is 24.6 Å². The van der Waals surface area contributed by atoms with Gasteiger partial charge < -0.3 is 11.1 Å². The van der Waals surface area contributed by atoms with Gasteiger partial charge in [-0.15, -0.1) is 0 Å². The molecule has 1 aromatic heterocycles. The Hall–Kier alpha value is -2.08. The predicted molar refractivity (Wildman–Crippen MR) is 71.3 cm³/mol. The highest BCUT2D eigenvalue weighted by Crippen LogP contribution is 2.25. The van der Waals surface area contributed by atoms with E-state index in [9.17, 15) is 4.79 Å². The minimum Gasteiger partial charge on any atom is -0.399 e. The molecule has 18 heavy (non-hydrogen) atoms. The van der Waals surface area contributed by atoms with Crippen molar-refractivity contribution in [3.63, 3.8) is 0 Å². The van der Waals surface area contributed by atoms with E-state index >= 15 is 0 Å². The number of halogens is 1. The van der Waals surface area contributed by atoms with E-state index in [4.69, 9.17) is 17.3 Å². The van der Waals surface area contributed by atoms with Gasteiger partial charge in [-0.2, -0.15) is 4.98 Å². The molecule has 0 saturated carbocycles. The summed E-state index contributed by atoms with van der Waals surface area (Å²) < 4.78 is 1.29. The number of rotatable bonds is 2. The van der Waals surface area contributed by atoms with Crippen LogP contribution in [0.4, 0.5) is 11.6 Å². The number of benzene rings is 1. The van der Waals surface area contributed by atoms with Gasteiger partial charge in [0.1, 0.15) is 6.33 Å². The van der Waals surface area contributed by atoms with Crippen LogP contribution in [0, 0.1) is 6.92 Å². The molecule has 6 nitrogen and oxygen atoms in total. The molecule has 7 heteroatoms. The molecule has 3 N–H and O–H groups in total. The van der Waals surface area contributed by atoms with Gasteiger partial charge in [0.05, 0.1) is 10.7 Å². The van der Waals surface area contributed by atoms with Gasteiger partial charge in [0.15, 0.2) is 0 Å². The van der Waals surface area contributed by atoms with E-state index in [1.54, 1.807) is 19.2 Å². The van der Waals surface area contributed by atoms with Crippen molar-refractivity contribution in [3.8, 4) is 5.69 Å². The van der Waals surface area contributed by atoms with E-state index in [0.29, 0.717) is 16.4 Å². The highest BCUT2D eigenvalue weighted by molar-refractivity contribution is 6.32. The van der Waals surface area contributed by atoms with Crippen LogP contribution in [0.3, 0.4) is 0 Å². The van der Waals surface area contributed by atoms with Gasteiger partial charge in [-0.1, -0.05) is 11.6 Å². The van der Waals surface area contributed by atoms with E-state index in [1.807, 2.05) is 6.92 Å². The zero-order chi connectivity index (χ0) is 13.3. The number of hydrogen-bond donors (Lipinski definition) is 2. The average molecular weight is 266 g/mol. The second-order valence-electron chi connectivity index (χ2n) is 3.75. The first-order valence-electron chi connectivity index (χ1n) is 5.22. The molecule has 0 amide bonds. The monoisotopic (exact) mass is 265 g/mol. The summed E-state index contributed by atoms with van der Waals surface area (Å²) in [5.41, 5.74) is 7.09. The molecule has 0 saturated heterocycles. The number of anilines is 2. The number of nitrogen functional groups attached to an aromatic ring is 1. The molecule has 0 fully saturated rings. The number of hydrogen-bond acceptors (Lipinski definition) is 5. The Morgan fingerprint density at radius 2 is 2.17 bits per heavy atom. The van der Waals surface area contributed by atoms with Crippen molar-refractivity contribution in [3.05, 3.63) is 39.5 Å². The number of nitrogens with one attached hydrogen (secondary N) is 1. The van der Waals surface area contributed by atoms with Crippen molar-refractivity contribution in [2.45, 2.75) is 6.92 Å². The summed E-state index contributed by atoms with van der Waals surface area (Å²) in [5, 5.41) is 3.08. The number of aromatic nitrogens is 3. The molecule has 0 radical (unpaired) electrons. The highest BCUT2D eigenvalue weighted by Gasteiger charge is 2.11. The molecule has 0 aliphatic heterocycles. The van der Waals surface area contributed by atoms with Crippen LogP contribution in [0.2, 0.25) is 5.02 Å². The minimum atomic E-state index is -0.455. The smallest absolute Gasteiger partial charge is 0.356 e. The predicted octanol–water partition coefficient (Wildman–Crippen LogP) is 1.21. The van der Waals surface area contributed by atoms with Crippen LogP contribution in [0.1, 0.15) is 5.56 Å². The lowest BCUT2D eigenvalue weighted by atomic mass is 10.2. The van der Waals surface area contributed by atoms with Gasteiger partial charge >= 0.3 is 5.69 Å². The molecule has 0 unspecified atom stereocenters. The Morgan fingerprint density at radius 3 is 2.72 bits per heavy atom. The third-order valence-corrected chi connectivity index (χ3v) is 2.73. The van der Waals surface area contributed by atoms with E-state index < -0.39 is 5.69 Å². The van der Waals surface area contributed by atoms with Crippen molar-refractivity contribution in [2.24, 2.45) is 0 Å². The summed E-state index contributed by atoms with van der Waals surface area (Å²) in [6, 6.07) is 3.32. The average Bonchev–Trinajstić information content (AvgIpc) is 2.29. The summed E-state index contributed by atoms with van der Waals surface area (Å²) >= 11 is 6.10. The van der Waals surface area contributed by atoms with Gasteiger partial charge in [0.25, 0.3) is 0 Å². The number of nitrogens with zero attached hydrogens (tertiary/aromatic N) is 3. The Kier molecular flexibility index (Phi) is 3.20. The maximum absolute atomic E-state index is 11.9. The van der Waals surface area contributed by atoms with E-state index in [0.717, 1.165) is 5.56 Å². The van der Waals surface area contributed by atoms with Gasteiger partial charge in [0.2, 0.25) is 5.95 Å². The third-order valence-electron chi connectivity index (χ3n) is 2.44. The molecule has 1 heterocycles. The van der Waals surface area contributed by atoms with E-state index in [1.165, 1.54) is 10.9 Å². The van der Waals surface area contributed by atoms with Crippen LogP contribution in [0.15, 0.2) is 23.3 Å². The first-order chi connectivity index (χ1) is 8.52. The topological polar surface area (TPSA) is 85.8 Å². The van der Waals surface area contributed by atoms with Crippen molar-refractivity contribution in [2.75, 3.05) is 18.1 Å². The van der Waals surface area contributed by atoms with Crippen molar-refractivity contribution in [1.29, 1.82) is 0 Å². The third kappa shape index (κ3) is 2.14. The zero-order valence-corrected chi connectivity index (χ0v) is 10.7. The fraction of sp³-hybridized carbons (Fsp3) is 0.182. The molecular formula is C11H12ClN5O. The van der Waals surface area contributed by atoms with E-state index in [2.05, 4.69) is 15.3 Å². The SMILES string of the molecule is CNc1ncn(-c2c(C)cc(N)cc2Cl)c(=O)n1. The van der Waals surface area contributed by atoms with Gasteiger partial charge in [0, 0.05) is 12.7 Å². The zero-order valence-electron chi connectivity index (χ0n) is 9.94. The minimum absolute atomic E-state index is 0.264. The fourth-order valence-corrected chi connectivity index (χ4v) is 2.04. The Bertz CT molecular complexity index is 629. The molecule has 0 spiro atoms. The molecule has 0 aliphatic rings. The Balaban J connectivity index is 2.66. The lowest BCUT2D eigenvalue weighted by Gasteiger charge is -2.11. The Labute approximate surface area is 108 Å². The van der Waals surface area contributed by atoms with Crippen molar-refractivity contribution in [1.82, 2.24) is 14.5 Å². The summed E-state index contributed by atoms with van der Waals surface area (Å²) in [5.74, 6) is 0.264. The van der Waals surface area contributed by atoms with Crippen molar-refractivity contribution >= 4 is 23.2 Å². The maximum atomic E-state index is 11.9. The largest absolute Gasteiger partial charge is 0.399 e. The second kappa shape index (κ2) is 4.66. The molecule has 2 aromatic rings.